The molecule has 2 aromatic rings. The second-order valence-electron chi connectivity index (χ2n) is 4.99. The molecule has 0 radical (unpaired) electrons. The molecule has 0 aliphatic rings. The third-order valence-electron chi connectivity index (χ3n) is 3.39. The lowest BCUT2D eigenvalue weighted by atomic mass is 10.1. The molecule has 0 unspecified atom stereocenters. The topological polar surface area (TPSA) is 68.4 Å². The van der Waals surface area contributed by atoms with Crippen LogP contribution in [0.15, 0.2) is 28.7 Å². The largest absolute Gasteiger partial charge is 0.484 e. The zero-order valence-electron chi connectivity index (χ0n) is 13.2. The van der Waals surface area contributed by atoms with E-state index in [1.54, 1.807) is 26.8 Å². The Labute approximate surface area is 143 Å². The molecule has 0 fully saturated rings. The molecule has 0 atom stereocenters. The number of aromatic amines is 1. The van der Waals surface area contributed by atoms with E-state index in [9.17, 15) is 9.59 Å². The Balaban J connectivity index is 2.17. The normalized spacial score (nSPS) is 10.4. The highest BCUT2D eigenvalue weighted by Gasteiger charge is 2.23. The van der Waals surface area contributed by atoms with Crippen LogP contribution in [0, 0.1) is 13.8 Å². The number of nitrogens with one attached hydrogen (secondary N) is 1. The first kappa shape index (κ1) is 17.3. The van der Waals surface area contributed by atoms with Crippen molar-refractivity contribution in [3.63, 3.8) is 0 Å². The summed E-state index contributed by atoms with van der Waals surface area (Å²) in [5.41, 5.74) is 2.00. The first-order chi connectivity index (χ1) is 11.0. The lowest BCUT2D eigenvalue weighted by Gasteiger charge is -2.08. The lowest BCUT2D eigenvalue weighted by Crippen LogP contribution is -2.14. The summed E-state index contributed by atoms with van der Waals surface area (Å²) >= 11 is 3.37. The van der Waals surface area contributed by atoms with Crippen molar-refractivity contribution in [3.05, 3.63) is 51.3 Å². The highest BCUT2D eigenvalue weighted by Crippen LogP contribution is 2.25. The van der Waals surface area contributed by atoms with E-state index in [4.69, 9.17) is 9.47 Å². The monoisotopic (exact) mass is 379 g/mol. The molecule has 1 aromatic carbocycles. The number of carbonyl (C=O) groups excluding carboxylic acids is 2. The number of hydrogen-bond acceptors (Lipinski definition) is 4. The van der Waals surface area contributed by atoms with E-state index in [1.165, 1.54) is 0 Å². The van der Waals surface area contributed by atoms with Crippen molar-refractivity contribution in [1.29, 1.82) is 0 Å². The molecule has 1 N–H and O–H groups in total. The van der Waals surface area contributed by atoms with Crippen molar-refractivity contribution >= 4 is 27.7 Å². The summed E-state index contributed by atoms with van der Waals surface area (Å²) in [6.07, 6.45) is 0. The SMILES string of the molecule is CCOC(=O)c1[nH]c(C)c(C(=O)COc2ccccc2Br)c1C. The lowest BCUT2D eigenvalue weighted by molar-refractivity contribution is 0.0519. The van der Waals surface area contributed by atoms with Gasteiger partial charge in [0.25, 0.3) is 0 Å². The number of rotatable bonds is 6. The van der Waals surface area contributed by atoms with Crippen molar-refractivity contribution in [1.82, 2.24) is 4.98 Å². The average molecular weight is 380 g/mol. The molecule has 0 bridgehead atoms. The number of benzene rings is 1. The molecular formula is C17H18BrNO4. The summed E-state index contributed by atoms with van der Waals surface area (Å²) in [5, 5.41) is 0. The molecule has 0 aliphatic carbocycles. The molecular weight excluding hydrogens is 362 g/mol. The summed E-state index contributed by atoms with van der Waals surface area (Å²) in [4.78, 5) is 27.3. The number of H-pyrrole nitrogens is 1. The number of aromatic nitrogens is 1. The van der Waals surface area contributed by atoms with Gasteiger partial charge in [-0.2, -0.15) is 0 Å². The van der Waals surface area contributed by atoms with E-state index in [2.05, 4.69) is 20.9 Å². The van der Waals surface area contributed by atoms with Crippen LogP contribution in [0.4, 0.5) is 0 Å². The second kappa shape index (κ2) is 7.46. The van der Waals surface area contributed by atoms with Crippen LogP contribution < -0.4 is 4.74 Å². The predicted molar refractivity (Wildman–Crippen MR) is 90.2 cm³/mol. The fraction of sp³-hybridized carbons (Fsp3) is 0.294. The van der Waals surface area contributed by atoms with Crippen LogP contribution in [0.1, 0.15) is 39.0 Å². The van der Waals surface area contributed by atoms with Gasteiger partial charge >= 0.3 is 5.97 Å². The van der Waals surface area contributed by atoms with Gasteiger partial charge in [-0.25, -0.2) is 4.79 Å². The summed E-state index contributed by atoms with van der Waals surface area (Å²) in [7, 11) is 0. The summed E-state index contributed by atoms with van der Waals surface area (Å²) < 4.78 is 11.3. The summed E-state index contributed by atoms with van der Waals surface area (Å²) in [6, 6.07) is 7.31. The molecule has 2 rings (SSSR count). The van der Waals surface area contributed by atoms with Crippen molar-refractivity contribution in [3.8, 4) is 5.75 Å². The molecule has 1 heterocycles. The predicted octanol–water partition coefficient (Wildman–Crippen LogP) is 3.83. The first-order valence-electron chi connectivity index (χ1n) is 7.22. The van der Waals surface area contributed by atoms with Gasteiger partial charge in [0.15, 0.2) is 6.61 Å². The zero-order chi connectivity index (χ0) is 17.0. The highest BCUT2D eigenvalue weighted by atomic mass is 79.9. The molecule has 122 valence electrons. The van der Waals surface area contributed by atoms with Gasteiger partial charge in [-0.3, -0.25) is 4.79 Å². The minimum Gasteiger partial charge on any atom is -0.484 e. The van der Waals surface area contributed by atoms with E-state index in [0.717, 1.165) is 4.47 Å². The van der Waals surface area contributed by atoms with Crippen LogP contribution in [0.2, 0.25) is 0 Å². The minimum absolute atomic E-state index is 0.107. The number of halogens is 1. The maximum absolute atomic E-state index is 12.5. The Hall–Kier alpha value is -2.08. The van der Waals surface area contributed by atoms with Gasteiger partial charge < -0.3 is 14.5 Å². The highest BCUT2D eigenvalue weighted by molar-refractivity contribution is 9.10. The van der Waals surface area contributed by atoms with Crippen LogP contribution in [-0.4, -0.2) is 30.0 Å². The van der Waals surface area contributed by atoms with Crippen molar-refractivity contribution < 1.29 is 19.1 Å². The van der Waals surface area contributed by atoms with Gasteiger partial charge in [0.1, 0.15) is 11.4 Å². The van der Waals surface area contributed by atoms with Gasteiger partial charge in [0.2, 0.25) is 5.78 Å². The molecule has 5 nitrogen and oxygen atoms in total. The van der Waals surface area contributed by atoms with Gasteiger partial charge in [-0.15, -0.1) is 0 Å². The van der Waals surface area contributed by atoms with Gasteiger partial charge in [-0.05, 0) is 54.4 Å². The Bertz CT molecular complexity index is 736. The van der Waals surface area contributed by atoms with E-state index < -0.39 is 5.97 Å². The fourth-order valence-corrected chi connectivity index (χ4v) is 2.75. The number of carbonyl (C=O) groups is 2. The number of ketones is 1. The van der Waals surface area contributed by atoms with Crippen molar-refractivity contribution in [2.75, 3.05) is 13.2 Å². The third-order valence-corrected chi connectivity index (χ3v) is 4.05. The Morgan fingerprint density at radius 1 is 1.22 bits per heavy atom. The van der Waals surface area contributed by atoms with Crippen LogP contribution in [0.5, 0.6) is 5.75 Å². The Morgan fingerprint density at radius 3 is 2.57 bits per heavy atom. The molecule has 0 spiro atoms. The Kier molecular flexibility index (Phi) is 5.60. The standard InChI is InChI=1S/C17H18BrNO4/c1-4-22-17(21)16-10(2)15(11(3)19-16)13(20)9-23-14-8-6-5-7-12(14)18/h5-8,19H,4,9H2,1-3H3. The maximum Gasteiger partial charge on any atom is 0.355 e. The summed E-state index contributed by atoms with van der Waals surface area (Å²) in [5.74, 6) is -0.0567. The van der Waals surface area contributed by atoms with Gasteiger partial charge in [0, 0.05) is 11.3 Å². The number of hydrogen-bond donors (Lipinski definition) is 1. The minimum atomic E-state index is -0.459. The third kappa shape index (κ3) is 3.82. The van der Waals surface area contributed by atoms with Crippen LogP contribution >= 0.6 is 15.9 Å². The van der Waals surface area contributed by atoms with Crippen molar-refractivity contribution in [2.24, 2.45) is 0 Å². The first-order valence-corrected chi connectivity index (χ1v) is 8.01. The molecule has 6 heteroatoms. The molecule has 0 saturated carbocycles. The number of ether oxygens (including phenoxy) is 2. The molecule has 23 heavy (non-hydrogen) atoms. The van der Waals surface area contributed by atoms with Crippen LogP contribution in [0.25, 0.3) is 0 Å². The fourth-order valence-electron chi connectivity index (χ4n) is 2.35. The second-order valence-corrected chi connectivity index (χ2v) is 5.84. The summed E-state index contributed by atoms with van der Waals surface area (Å²) in [6.45, 7) is 5.39. The number of esters is 1. The van der Waals surface area contributed by atoms with Crippen LogP contribution in [-0.2, 0) is 4.74 Å². The van der Waals surface area contributed by atoms with E-state index >= 15 is 0 Å². The maximum atomic E-state index is 12.5. The molecule has 0 amide bonds. The van der Waals surface area contributed by atoms with Crippen LogP contribution in [0.3, 0.4) is 0 Å². The van der Waals surface area contributed by atoms with Crippen molar-refractivity contribution in [2.45, 2.75) is 20.8 Å². The number of para-hydroxylation sites is 1. The molecule has 1 aromatic heterocycles. The Morgan fingerprint density at radius 2 is 1.91 bits per heavy atom. The van der Waals surface area contributed by atoms with E-state index in [0.29, 0.717) is 28.3 Å². The quantitative estimate of drug-likeness (QED) is 0.611. The number of aryl methyl sites for hydroxylation is 1. The molecule has 0 aliphatic heterocycles. The van der Waals surface area contributed by atoms with Gasteiger partial charge in [-0.1, -0.05) is 12.1 Å². The molecule has 0 saturated heterocycles. The van der Waals surface area contributed by atoms with E-state index in [1.807, 2.05) is 18.2 Å². The van der Waals surface area contributed by atoms with E-state index in [-0.39, 0.29) is 19.0 Å². The average Bonchev–Trinajstić information content (AvgIpc) is 2.81. The zero-order valence-corrected chi connectivity index (χ0v) is 14.8. The van der Waals surface area contributed by atoms with Gasteiger partial charge in [0.05, 0.1) is 11.1 Å². The number of Topliss-reactive ketones (excluding diaryl/α,β-unsaturated/α-hetero) is 1. The smallest absolute Gasteiger partial charge is 0.355 e.